The molecule has 1 saturated heterocycles. The number of rotatable bonds is 6. The average molecular weight is 502 g/mol. The molecule has 0 radical (unpaired) electrons. The zero-order valence-electron chi connectivity index (χ0n) is 19.5. The van der Waals surface area contributed by atoms with Gasteiger partial charge in [0.25, 0.3) is 5.91 Å². The number of hydrogen-bond acceptors (Lipinski definition) is 7. The summed E-state index contributed by atoms with van der Waals surface area (Å²) in [6.45, 7) is 1.43. The van der Waals surface area contributed by atoms with Gasteiger partial charge in [0.2, 0.25) is 15.9 Å². The number of carbonyl (C=O) groups is 3. The maximum absolute atomic E-state index is 13.4. The molecule has 2 aromatic carbocycles. The third-order valence-electron chi connectivity index (χ3n) is 6.13. The predicted octanol–water partition coefficient (Wildman–Crippen LogP) is 2.40. The lowest BCUT2D eigenvalue weighted by atomic mass is 10.1. The van der Waals surface area contributed by atoms with E-state index in [1.165, 1.54) is 34.5 Å². The van der Waals surface area contributed by atoms with Gasteiger partial charge in [-0.25, -0.2) is 13.2 Å². The number of piperidine rings is 1. The molecule has 2 amide bonds. The molecule has 0 saturated carbocycles. The Kier molecular flexibility index (Phi) is 7.08. The van der Waals surface area contributed by atoms with E-state index in [4.69, 9.17) is 9.47 Å². The number of sulfonamides is 1. The molecule has 0 unspecified atom stereocenters. The Labute approximate surface area is 203 Å². The molecular formula is C24H27N3O7S. The van der Waals surface area contributed by atoms with E-state index in [-0.39, 0.29) is 34.7 Å². The molecule has 2 aromatic rings. The summed E-state index contributed by atoms with van der Waals surface area (Å²) < 4.78 is 38.6. The van der Waals surface area contributed by atoms with Gasteiger partial charge < -0.3 is 14.8 Å². The van der Waals surface area contributed by atoms with Crippen molar-refractivity contribution in [3.8, 4) is 5.75 Å². The lowest BCUT2D eigenvalue weighted by molar-refractivity contribution is -0.124. The average Bonchev–Trinajstić information content (AvgIpc) is 2.86. The van der Waals surface area contributed by atoms with Gasteiger partial charge in [-0.2, -0.15) is 4.31 Å². The van der Waals surface area contributed by atoms with Gasteiger partial charge in [-0.3, -0.25) is 14.5 Å². The molecule has 2 heterocycles. The highest BCUT2D eigenvalue weighted by molar-refractivity contribution is 7.89. The molecule has 0 aliphatic carbocycles. The molecule has 0 bridgehead atoms. The molecule has 1 atom stereocenters. The molecule has 2 aliphatic heterocycles. The van der Waals surface area contributed by atoms with Crippen LogP contribution in [0.25, 0.3) is 0 Å². The number of para-hydroxylation sites is 2. The molecule has 0 aromatic heterocycles. The smallest absolute Gasteiger partial charge is 0.338 e. The number of hydrogen-bond donors (Lipinski definition) is 1. The summed E-state index contributed by atoms with van der Waals surface area (Å²) >= 11 is 0. The molecule has 35 heavy (non-hydrogen) atoms. The number of amides is 2. The topological polar surface area (TPSA) is 122 Å². The fourth-order valence-electron chi connectivity index (χ4n) is 4.30. The maximum atomic E-state index is 13.4. The molecular weight excluding hydrogens is 474 g/mol. The molecule has 186 valence electrons. The van der Waals surface area contributed by atoms with Crippen LogP contribution in [0.2, 0.25) is 0 Å². The highest BCUT2D eigenvalue weighted by atomic mass is 32.2. The van der Waals surface area contributed by atoms with Gasteiger partial charge in [-0.05, 0) is 50.1 Å². The van der Waals surface area contributed by atoms with Gasteiger partial charge in [0.05, 0.1) is 24.0 Å². The normalized spacial score (nSPS) is 18.4. The van der Waals surface area contributed by atoms with E-state index in [0.29, 0.717) is 17.9 Å². The van der Waals surface area contributed by atoms with Crippen molar-refractivity contribution in [2.24, 2.45) is 0 Å². The van der Waals surface area contributed by atoms with Crippen LogP contribution in [0, 0.1) is 0 Å². The number of esters is 1. The van der Waals surface area contributed by atoms with Gasteiger partial charge in [0, 0.05) is 12.6 Å². The summed E-state index contributed by atoms with van der Waals surface area (Å²) in [5.74, 6) is -1.69. The minimum absolute atomic E-state index is 0.0291. The molecule has 1 N–H and O–H groups in total. The van der Waals surface area contributed by atoms with Crippen LogP contribution in [0.1, 0.15) is 36.5 Å². The fourth-order valence-corrected chi connectivity index (χ4v) is 6.19. The summed E-state index contributed by atoms with van der Waals surface area (Å²) in [5, 5.41) is 2.68. The van der Waals surface area contributed by atoms with E-state index in [0.717, 1.165) is 19.3 Å². The Bertz CT molecular complexity index is 1260. The molecule has 10 nitrogen and oxygen atoms in total. The second-order valence-corrected chi connectivity index (χ2v) is 10.3. The number of nitrogens with one attached hydrogen (secondary N) is 1. The Balaban J connectivity index is 1.52. The second kappa shape index (κ2) is 10.0. The van der Waals surface area contributed by atoms with Crippen molar-refractivity contribution >= 4 is 39.2 Å². The molecule has 1 fully saturated rings. The van der Waals surface area contributed by atoms with Crippen molar-refractivity contribution < 1.29 is 32.3 Å². The van der Waals surface area contributed by atoms with E-state index in [1.54, 1.807) is 24.3 Å². The number of anilines is 2. The standard InChI is InChI=1S/C24H27N3O7S/c1-16-7-5-6-12-27(16)35(31,32)21-13-17(10-11-20(21)33-2)24(30)34-15-23(29)26-14-22(28)25-18-8-3-4-9-19(18)26/h3-4,8-11,13,16H,5-7,12,14-15H2,1-2H3,(H,25,28)/t16-/m1/s1. The Morgan fingerprint density at radius 2 is 1.91 bits per heavy atom. The number of benzene rings is 2. The van der Waals surface area contributed by atoms with Crippen LogP contribution in [-0.2, 0) is 24.3 Å². The maximum Gasteiger partial charge on any atom is 0.338 e. The number of nitrogens with zero attached hydrogens (tertiary/aromatic N) is 2. The van der Waals surface area contributed by atoms with E-state index in [1.807, 2.05) is 6.92 Å². The lowest BCUT2D eigenvalue weighted by Crippen LogP contribution is -2.44. The quantitative estimate of drug-likeness (QED) is 0.603. The third-order valence-corrected chi connectivity index (χ3v) is 8.16. The number of fused-ring (bicyclic) bond motifs is 1. The largest absolute Gasteiger partial charge is 0.495 e. The first-order valence-corrected chi connectivity index (χ1v) is 12.7. The van der Waals surface area contributed by atoms with Crippen molar-refractivity contribution in [3.05, 3.63) is 48.0 Å². The van der Waals surface area contributed by atoms with E-state index in [2.05, 4.69) is 5.32 Å². The third kappa shape index (κ3) is 5.01. The summed E-state index contributed by atoms with van der Waals surface area (Å²) in [4.78, 5) is 38.6. The number of carbonyl (C=O) groups excluding carboxylic acids is 3. The van der Waals surface area contributed by atoms with Crippen LogP contribution in [-0.4, -0.2) is 63.4 Å². The minimum Gasteiger partial charge on any atom is -0.495 e. The zero-order valence-corrected chi connectivity index (χ0v) is 20.3. The summed E-state index contributed by atoms with van der Waals surface area (Å²) in [5.41, 5.74) is 0.959. The van der Waals surface area contributed by atoms with Gasteiger partial charge in [0.15, 0.2) is 6.61 Å². The monoisotopic (exact) mass is 501 g/mol. The Hall–Kier alpha value is -3.44. The van der Waals surface area contributed by atoms with Crippen LogP contribution in [0.15, 0.2) is 47.4 Å². The van der Waals surface area contributed by atoms with Crippen molar-refractivity contribution in [1.29, 1.82) is 0 Å². The summed E-state index contributed by atoms with van der Waals surface area (Å²) in [6.07, 6.45) is 2.46. The van der Waals surface area contributed by atoms with Gasteiger partial charge in [0.1, 0.15) is 17.2 Å². The van der Waals surface area contributed by atoms with Crippen molar-refractivity contribution in [2.45, 2.75) is 37.1 Å². The first-order chi connectivity index (χ1) is 16.7. The highest BCUT2D eigenvalue weighted by Gasteiger charge is 2.34. The first kappa shape index (κ1) is 24.7. The van der Waals surface area contributed by atoms with Crippen molar-refractivity contribution in [2.75, 3.05) is 37.0 Å². The summed E-state index contributed by atoms with van der Waals surface area (Å²) in [6, 6.07) is 10.6. The van der Waals surface area contributed by atoms with E-state index >= 15 is 0 Å². The number of ether oxygens (including phenoxy) is 2. The van der Waals surface area contributed by atoms with Crippen LogP contribution >= 0.6 is 0 Å². The number of methoxy groups -OCH3 is 1. The fraction of sp³-hybridized carbons (Fsp3) is 0.375. The van der Waals surface area contributed by atoms with Crippen LogP contribution in [0.5, 0.6) is 5.75 Å². The molecule has 2 aliphatic rings. The van der Waals surface area contributed by atoms with Gasteiger partial charge in [-0.15, -0.1) is 0 Å². The van der Waals surface area contributed by atoms with Crippen molar-refractivity contribution in [3.63, 3.8) is 0 Å². The lowest BCUT2D eigenvalue weighted by Gasteiger charge is -2.32. The van der Waals surface area contributed by atoms with E-state index in [9.17, 15) is 22.8 Å². The van der Waals surface area contributed by atoms with Gasteiger partial charge in [-0.1, -0.05) is 18.6 Å². The molecule has 11 heteroatoms. The van der Waals surface area contributed by atoms with Crippen LogP contribution in [0.3, 0.4) is 0 Å². The van der Waals surface area contributed by atoms with Crippen molar-refractivity contribution in [1.82, 2.24) is 4.31 Å². The molecule has 0 spiro atoms. The van der Waals surface area contributed by atoms with E-state index < -0.39 is 28.5 Å². The second-order valence-electron chi connectivity index (χ2n) is 8.45. The van der Waals surface area contributed by atoms with Gasteiger partial charge >= 0.3 is 5.97 Å². The minimum atomic E-state index is -3.92. The predicted molar refractivity (Wildman–Crippen MR) is 128 cm³/mol. The molecule has 4 rings (SSSR count). The Morgan fingerprint density at radius 1 is 1.14 bits per heavy atom. The highest BCUT2D eigenvalue weighted by Crippen LogP contribution is 2.32. The van der Waals surface area contributed by atoms with Crippen LogP contribution < -0.4 is 15.0 Å². The SMILES string of the molecule is COc1ccc(C(=O)OCC(=O)N2CC(=O)Nc3ccccc32)cc1S(=O)(=O)N1CCCC[C@H]1C. The summed E-state index contributed by atoms with van der Waals surface area (Å²) in [7, 11) is -2.56. The van der Waals surface area contributed by atoms with Crippen LogP contribution in [0.4, 0.5) is 11.4 Å². The first-order valence-electron chi connectivity index (χ1n) is 11.3. The zero-order chi connectivity index (χ0) is 25.2. The Morgan fingerprint density at radius 3 is 2.66 bits per heavy atom.